The van der Waals surface area contributed by atoms with Crippen LogP contribution in [0.5, 0.6) is 0 Å². The Bertz CT molecular complexity index is 386. The van der Waals surface area contributed by atoms with E-state index in [1.807, 2.05) is 51.2 Å². The lowest BCUT2D eigenvalue weighted by atomic mass is 10.3. The maximum absolute atomic E-state index is 5.19. The lowest BCUT2D eigenvalue weighted by Crippen LogP contribution is -2.33. The summed E-state index contributed by atoms with van der Waals surface area (Å²) in [6, 6.07) is 5.74. The molecule has 86 valence electrons. The highest BCUT2D eigenvalue weighted by Crippen LogP contribution is 2.00. The van der Waals surface area contributed by atoms with Crippen LogP contribution in [0.2, 0.25) is 0 Å². The van der Waals surface area contributed by atoms with Crippen molar-refractivity contribution in [3.8, 4) is 0 Å². The van der Waals surface area contributed by atoms with Gasteiger partial charge in [-0.3, -0.25) is 4.98 Å². The molecule has 1 rings (SSSR count). The maximum atomic E-state index is 5.19. The van der Waals surface area contributed by atoms with Crippen LogP contribution in [-0.4, -0.2) is 46.9 Å². The number of nitrogens with zero attached hydrogens (tertiary/aromatic N) is 4. The minimum absolute atomic E-state index is 0.662. The molecule has 0 radical (unpaired) electrons. The molecule has 0 bridgehead atoms. The van der Waals surface area contributed by atoms with Gasteiger partial charge in [0.05, 0.1) is 11.4 Å². The van der Waals surface area contributed by atoms with E-state index in [9.17, 15) is 0 Å². The van der Waals surface area contributed by atoms with Gasteiger partial charge >= 0.3 is 0 Å². The fraction of sp³-hybridized carbons (Fsp3) is 0.364. The van der Waals surface area contributed by atoms with Gasteiger partial charge in [0.25, 0.3) is 0 Å². The van der Waals surface area contributed by atoms with Crippen molar-refractivity contribution in [3.05, 3.63) is 30.1 Å². The molecule has 4 nitrogen and oxygen atoms in total. The van der Waals surface area contributed by atoms with E-state index in [2.05, 4.69) is 10.1 Å². The zero-order valence-electron chi connectivity index (χ0n) is 10.0. The molecule has 0 saturated carbocycles. The minimum Gasteiger partial charge on any atom is -0.354 e. The third-order valence-electron chi connectivity index (χ3n) is 1.99. The number of aromatic nitrogens is 1. The summed E-state index contributed by atoms with van der Waals surface area (Å²) >= 11 is 5.19. The molecule has 1 heterocycles. The van der Waals surface area contributed by atoms with E-state index in [1.54, 1.807) is 11.2 Å². The van der Waals surface area contributed by atoms with Crippen LogP contribution < -0.4 is 0 Å². The van der Waals surface area contributed by atoms with E-state index in [4.69, 9.17) is 12.2 Å². The molecule has 5 heteroatoms. The van der Waals surface area contributed by atoms with E-state index >= 15 is 0 Å². The van der Waals surface area contributed by atoms with Gasteiger partial charge in [-0.25, -0.2) is 5.01 Å². The van der Waals surface area contributed by atoms with E-state index in [0.29, 0.717) is 5.11 Å². The largest absolute Gasteiger partial charge is 0.354 e. The number of hydrazone groups is 1. The number of pyridine rings is 1. The van der Waals surface area contributed by atoms with Crippen LogP contribution >= 0.6 is 12.2 Å². The Kier molecular flexibility index (Phi) is 4.37. The van der Waals surface area contributed by atoms with E-state index in [-0.39, 0.29) is 0 Å². The highest BCUT2D eigenvalue weighted by atomic mass is 32.1. The lowest BCUT2D eigenvalue weighted by molar-refractivity contribution is 0.460. The Morgan fingerprint density at radius 3 is 2.50 bits per heavy atom. The summed E-state index contributed by atoms with van der Waals surface area (Å²) in [5.41, 5.74) is 1.70. The summed E-state index contributed by atoms with van der Waals surface area (Å²) in [6.07, 6.45) is 1.75. The second-order valence-corrected chi connectivity index (χ2v) is 3.97. The van der Waals surface area contributed by atoms with Crippen LogP contribution in [0, 0.1) is 0 Å². The Morgan fingerprint density at radius 1 is 1.31 bits per heavy atom. The van der Waals surface area contributed by atoms with Crippen molar-refractivity contribution >= 4 is 23.0 Å². The Morgan fingerprint density at radius 2 is 2.00 bits per heavy atom. The summed E-state index contributed by atoms with van der Waals surface area (Å²) in [7, 11) is 5.61. The molecule has 0 unspecified atom stereocenters. The SMILES string of the molecule is C/C(=N\N(C)C(=S)N(C)C)c1ccccn1. The molecule has 0 aliphatic rings. The average Bonchev–Trinajstić information content (AvgIpc) is 2.28. The summed E-state index contributed by atoms with van der Waals surface area (Å²) in [4.78, 5) is 6.06. The molecule has 16 heavy (non-hydrogen) atoms. The van der Waals surface area contributed by atoms with Gasteiger partial charge < -0.3 is 4.90 Å². The van der Waals surface area contributed by atoms with E-state index < -0.39 is 0 Å². The van der Waals surface area contributed by atoms with Gasteiger partial charge in [-0.05, 0) is 31.3 Å². The van der Waals surface area contributed by atoms with Crippen molar-refractivity contribution in [3.63, 3.8) is 0 Å². The highest BCUT2D eigenvalue weighted by Gasteiger charge is 2.06. The first kappa shape index (κ1) is 12.6. The molecule has 0 N–H and O–H groups in total. The summed E-state index contributed by atoms with van der Waals surface area (Å²) in [5.74, 6) is 0. The van der Waals surface area contributed by atoms with Crippen LogP contribution in [0.1, 0.15) is 12.6 Å². The fourth-order valence-electron chi connectivity index (χ4n) is 1.19. The first-order valence-electron chi connectivity index (χ1n) is 4.94. The Balaban J connectivity index is 2.82. The van der Waals surface area contributed by atoms with Crippen LogP contribution in [-0.2, 0) is 0 Å². The van der Waals surface area contributed by atoms with Gasteiger partial charge in [0.15, 0.2) is 5.11 Å². The monoisotopic (exact) mass is 236 g/mol. The van der Waals surface area contributed by atoms with Crippen molar-refractivity contribution in [2.75, 3.05) is 21.1 Å². The first-order chi connectivity index (χ1) is 7.52. The molecule has 0 saturated heterocycles. The third kappa shape index (κ3) is 3.27. The van der Waals surface area contributed by atoms with Gasteiger partial charge in [0.2, 0.25) is 0 Å². The van der Waals surface area contributed by atoms with Crippen molar-refractivity contribution in [2.24, 2.45) is 5.10 Å². The lowest BCUT2D eigenvalue weighted by Gasteiger charge is -2.21. The number of hydrogen-bond acceptors (Lipinski definition) is 3. The molecule has 0 aromatic carbocycles. The summed E-state index contributed by atoms with van der Waals surface area (Å²) in [6.45, 7) is 1.91. The molecule has 0 atom stereocenters. The van der Waals surface area contributed by atoms with Gasteiger partial charge in [-0.15, -0.1) is 0 Å². The second kappa shape index (κ2) is 5.55. The maximum Gasteiger partial charge on any atom is 0.191 e. The zero-order chi connectivity index (χ0) is 12.1. The van der Waals surface area contributed by atoms with E-state index in [1.165, 1.54) is 0 Å². The summed E-state index contributed by atoms with van der Waals surface area (Å²) in [5, 5.41) is 6.70. The Labute approximate surface area is 102 Å². The molecule has 0 amide bonds. The van der Waals surface area contributed by atoms with Crippen molar-refractivity contribution in [1.82, 2.24) is 14.9 Å². The number of thiocarbonyl (C=S) groups is 1. The zero-order valence-corrected chi connectivity index (χ0v) is 10.8. The average molecular weight is 236 g/mol. The standard InChI is InChI=1S/C11H16N4S/c1-9(10-7-5-6-8-12-10)13-15(4)11(16)14(2)3/h5-8H,1-4H3/b13-9+. The van der Waals surface area contributed by atoms with Crippen LogP contribution in [0.25, 0.3) is 0 Å². The quantitative estimate of drug-likeness (QED) is 0.443. The van der Waals surface area contributed by atoms with Crippen molar-refractivity contribution in [1.29, 1.82) is 0 Å². The van der Waals surface area contributed by atoms with Gasteiger partial charge in [-0.2, -0.15) is 5.10 Å². The molecule has 0 aliphatic heterocycles. The van der Waals surface area contributed by atoms with Crippen LogP contribution in [0.3, 0.4) is 0 Å². The molecule has 0 spiro atoms. The fourth-order valence-corrected chi connectivity index (χ4v) is 1.23. The molecular weight excluding hydrogens is 220 g/mol. The highest BCUT2D eigenvalue weighted by molar-refractivity contribution is 7.80. The van der Waals surface area contributed by atoms with Gasteiger partial charge in [0, 0.05) is 27.3 Å². The molecule has 0 fully saturated rings. The first-order valence-corrected chi connectivity index (χ1v) is 5.35. The minimum atomic E-state index is 0.662. The second-order valence-electron chi connectivity index (χ2n) is 3.60. The van der Waals surface area contributed by atoms with Crippen molar-refractivity contribution < 1.29 is 0 Å². The van der Waals surface area contributed by atoms with Crippen LogP contribution in [0.15, 0.2) is 29.5 Å². The summed E-state index contributed by atoms with van der Waals surface area (Å²) < 4.78 is 0. The van der Waals surface area contributed by atoms with Gasteiger partial charge in [-0.1, -0.05) is 6.07 Å². The van der Waals surface area contributed by atoms with Crippen LogP contribution in [0.4, 0.5) is 0 Å². The topological polar surface area (TPSA) is 31.7 Å². The van der Waals surface area contributed by atoms with Crippen molar-refractivity contribution in [2.45, 2.75) is 6.92 Å². The predicted octanol–water partition coefficient (Wildman–Crippen LogP) is 1.58. The van der Waals surface area contributed by atoms with E-state index in [0.717, 1.165) is 11.4 Å². The Hall–Kier alpha value is -1.49. The molecule has 1 aromatic heterocycles. The predicted molar refractivity (Wildman–Crippen MR) is 70.5 cm³/mol. The molecule has 1 aromatic rings. The smallest absolute Gasteiger partial charge is 0.191 e. The molecule has 0 aliphatic carbocycles. The third-order valence-corrected chi connectivity index (χ3v) is 2.62. The molecular formula is C11H16N4S. The van der Waals surface area contributed by atoms with Gasteiger partial charge in [0.1, 0.15) is 0 Å². The normalized spacial score (nSPS) is 11.1. The number of hydrogen-bond donors (Lipinski definition) is 0. The number of rotatable bonds is 2.